The van der Waals surface area contributed by atoms with E-state index in [2.05, 4.69) is 15.0 Å². The predicted molar refractivity (Wildman–Crippen MR) is 109 cm³/mol. The molecule has 1 fully saturated rings. The summed E-state index contributed by atoms with van der Waals surface area (Å²) in [6, 6.07) is 9.41. The van der Waals surface area contributed by atoms with Crippen molar-refractivity contribution in [2.75, 3.05) is 46.4 Å². The smallest absolute Gasteiger partial charge is 0.259 e. The molecule has 29 heavy (non-hydrogen) atoms. The largest absolute Gasteiger partial charge is 0.497 e. The number of hydrogen-bond acceptors (Lipinski definition) is 6. The summed E-state index contributed by atoms with van der Waals surface area (Å²) in [5.74, 6) is 1.59. The summed E-state index contributed by atoms with van der Waals surface area (Å²) < 4.78 is 12.7. The normalized spacial score (nSPS) is 14.9. The highest BCUT2D eigenvalue weighted by atomic mass is 16.5. The van der Waals surface area contributed by atoms with Crippen LogP contribution in [-0.2, 0) is 0 Å². The third-order valence-electron chi connectivity index (χ3n) is 5.16. The van der Waals surface area contributed by atoms with Crippen molar-refractivity contribution in [3.05, 3.63) is 54.0 Å². The van der Waals surface area contributed by atoms with Crippen LogP contribution in [0.2, 0.25) is 0 Å². The van der Waals surface area contributed by atoms with Gasteiger partial charge < -0.3 is 14.4 Å². The van der Waals surface area contributed by atoms with Gasteiger partial charge in [-0.05, 0) is 25.1 Å². The molecule has 1 saturated heterocycles. The molecule has 4 rings (SSSR count). The first-order valence-corrected chi connectivity index (χ1v) is 9.74. The molecule has 152 valence electrons. The van der Waals surface area contributed by atoms with Gasteiger partial charge in [0.15, 0.2) is 5.65 Å². The van der Waals surface area contributed by atoms with E-state index in [-0.39, 0.29) is 5.91 Å². The number of benzene rings is 1. The van der Waals surface area contributed by atoms with Gasteiger partial charge in [-0.2, -0.15) is 5.10 Å². The molecule has 0 unspecified atom stereocenters. The molecule has 0 saturated carbocycles. The molecular formula is C21H25N5O3. The third-order valence-corrected chi connectivity index (χ3v) is 5.16. The van der Waals surface area contributed by atoms with E-state index in [1.807, 2.05) is 42.3 Å². The average Bonchev–Trinajstić information content (AvgIpc) is 3.09. The Morgan fingerprint density at radius 3 is 2.72 bits per heavy atom. The maximum absolute atomic E-state index is 13.0. The Labute approximate surface area is 169 Å². The summed E-state index contributed by atoms with van der Waals surface area (Å²) >= 11 is 0. The van der Waals surface area contributed by atoms with Crippen LogP contribution in [0, 0.1) is 6.92 Å². The Morgan fingerprint density at radius 2 is 1.93 bits per heavy atom. The lowest BCUT2D eigenvalue weighted by atomic mass is 10.2. The molecule has 1 aliphatic heterocycles. The van der Waals surface area contributed by atoms with Gasteiger partial charge in [-0.15, -0.1) is 0 Å². The molecule has 0 bridgehead atoms. The second-order valence-electron chi connectivity index (χ2n) is 7.01. The molecular weight excluding hydrogens is 370 g/mol. The van der Waals surface area contributed by atoms with Crippen LogP contribution in [0.3, 0.4) is 0 Å². The van der Waals surface area contributed by atoms with E-state index in [0.717, 1.165) is 31.1 Å². The molecule has 3 heterocycles. The van der Waals surface area contributed by atoms with E-state index < -0.39 is 0 Å². The standard InChI is InChI=1S/C21H25N5O3/c1-16-19(20-22-7-4-8-26(20)23-16)21(27)25-11-9-24(10-12-25)13-14-29-18-6-3-5-17(15-18)28-2/h3-8,15H,9-14H2,1-2H3. The first kappa shape index (κ1) is 19.2. The fourth-order valence-electron chi connectivity index (χ4n) is 3.56. The van der Waals surface area contributed by atoms with Gasteiger partial charge in [-0.3, -0.25) is 9.69 Å². The predicted octanol–water partition coefficient (Wildman–Crippen LogP) is 1.88. The summed E-state index contributed by atoms with van der Waals surface area (Å²) in [5, 5.41) is 4.40. The van der Waals surface area contributed by atoms with Crippen LogP contribution in [0.4, 0.5) is 0 Å². The summed E-state index contributed by atoms with van der Waals surface area (Å²) in [6.07, 6.45) is 3.50. The minimum Gasteiger partial charge on any atom is -0.497 e. The lowest BCUT2D eigenvalue weighted by Crippen LogP contribution is -2.49. The Hall–Kier alpha value is -3.13. The Morgan fingerprint density at radius 1 is 1.14 bits per heavy atom. The second kappa shape index (κ2) is 8.48. The van der Waals surface area contributed by atoms with Crippen molar-refractivity contribution >= 4 is 11.6 Å². The number of methoxy groups -OCH3 is 1. The van der Waals surface area contributed by atoms with Crippen LogP contribution < -0.4 is 9.47 Å². The van der Waals surface area contributed by atoms with Crippen LogP contribution in [0.25, 0.3) is 5.65 Å². The van der Waals surface area contributed by atoms with Crippen molar-refractivity contribution in [2.45, 2.75) is 6.92 Å². The number of hydrogen-bond donors (Lipinski definition) is 0. The average molecular weight is 395 g/mol. The van der Waals surface area contributed by atoms with Crippen molar-refractivity contribution in [3.8, 4) is 11.5 Å². The van der Waals surface area contributed by atoms with E-state index in [4.69, 9.17) is 9.47 Å². The molecule has 1 amide bonds. The van der Waals surface area contributed by atoms with E-state index in [1.54, 1.807) is 23.9 Å². The number of aryl methyl sites for hydroxylation is 1. The van der Waals surface area contributed by atoms with E-state index in [9.17, 15) is 4.79 Å². The molecule has 0 radical (unpaired) electrons. The van der Waals surface area contributed by atoms with Crippen molar-refractivity contribution in [1.29, 1.82) is 0 Å². The number of carbonyl (C=O) groups is 1. The number of piperazine rings is 1. The molecule has 0 aliphatic carbocycles. The van der Waals surface area contributed by atoms with E-state index >= 15 is 0 Å². The van der Waals surface area contributed by atoms with E-state index in [1.165, 1.54) is 0 Å². The Bertz CT molecular complexity index is 995. The highest BCUT2D eigenvalue weighted by Crippen LogP contribution is 2.19. The van der Waals surface area contributed by atoms with Gasteiger partial charge in [0.2, 0.25) is 0 Å². The van der Waals surface area contributed by atoms with Crippen molar-refractivity contribution in [1.82, 2.24) is 24.4 Å². The van der Waals surface area contributed by atoms with Crippen LogP contribution >= 0.6 is 0 Å². The molecule has 0 atom stereocenters. The minimum atomic E-state index is 0.00322. The van der Waals surface area contributed by atoms with Gasteiger partial charge in [-0.1, -0.05) is 6.07 Å². The molecule has 1 aliphatic rings. The molecule has 0 N–H and O–H groups in total. The van der Waals surface area contributed by atoms with Crippen molar-refractivity contribution in [2.24, 2.45) is 0 Å². The van der Waals surface area contributed by atoms with Gasteiger partial charge in [-0.25, -0.2) is 9.50 Å². The number of ether oxygens (including phenoxy) is 2. The molecule has 0 spiro atoms. The number of aromatic nitrogens is 3. The second-order valence-corrected chi connectivity index (χ2v) is 7.01. The minimum absolute atomic E-state index is 0.00322. The number of nitrogens with zero attached hydrogens (tertiary/aromatic N) is 5. The molecule has 2 aromatic heterocycles. The highest BCUT2D eigenvalue weighted by Gasteiger charge is 2.26. The van der Waals surface area contributed by atoms with Gasteiger partial charge in [0, 0.05) is 51.2 Å². The first-order valence-electron chi connectivity index (χ1n) is 9.74. The fourth-order valence-corrected chi connectivity index (χ4v) is 3.56. The van der Waals surface area contributed by atoms with Crippen LogP contribution in [0.15, 0.2) is 42.7 Å². The molecule has 8 heteroatoms. The fraction of sp³-hybridized carbons (Fsp3) is 0.381. The van der Waals surface area contributed by atoms with Crippen LogP contribution in [0.1, 0.15) is 16.1 Å². The number of rotatable bonds is 6. The summed E-state index contributed by atoms with van der Waals surface area (Å²) in [6.45, 7) is 6.27. The third kappa shape index (κ3) is 4.17. The van der Waals surface area contributed by atoms with E-state index in [0.29, 0.717) is 36.6 Å². The molecule has 3 aromatic rings. The lowest BCUT2D eigenvalue weighted by molar-refractivity contribution is 0.0621. The van der Waals surface area contributed by atoms with Gasteiger partial charge in [0.05, 0.1) is 12.8 Å². The first-order chi connectivity index (χ1) is 14.2. The summed E-state index contributed by atoms with van der Waals surface area (Å²) in [4.78, 5) is 21.6. The number of carbonyl (C=O) groups excluding carboxylic acids is 1. The highest BCUT2D eigenvalue weighted by molar-refractivity contribution is 6.01. The maximum Gasteiger partial charge on any atom is 0.259 e. The van der Waals surface area contributed by atoms with Crippen LogP contribution in [0.5, 0.6) is 11.5 Å². The molecule has 8 nitrogen and oxygen atoms in total. The zero-order valence-electron chi connectivity index (χ0n) is 16.7. The van der Waals surface area contributed by atoms with Gasteiger partial charge >= 0.3 is 0 Å². The number of amides is 1. The van der Waals surface area contributed by atoms with Crippen molar-refractivity contribution < 1.29 is 14.3 Å². The summed E-state index contributed by atoms with van der Waals surface area (Å²) in [5.41, 5.74) is 1.92. The number of fused-ring (bicyclic) bond motifs is 1. The zero-order chi connectivity index (χ0) is 20.2. The van der Waals surface area contributed by atoms with Gasteiger partial charge in [0.1, 0.15) is 23.7 Å². The van der Waals surface area contributed by atoms with Crippen LogP contribution in [-0.4, -0.2) is 76.7 Å². The Kier molecular flexibility index (Phi) is 5.62. The molecule has 1 aromatic carbocycles. The zero-order valence-corrected chi connectivity index (χ0v) is 16.7. The Balaban J connectivity index is 1.30. The summed E-state index contributed by atoms with van der Waals surface area (Å²) in [7, 11) is 1.64. The monoisotopic (exact) mass is 395 g/mol. The maximum atomic E-state index is 13.0. The SMILES string of the molecule is COc1cccc(OCCN2CCN(C(=O)c3c(C)nn4cccnc34)CC2)c1. The quantitative estimate of drug-likeness (QED) is 0.635. The van der Waals surface area contributed by atoms with Crippen molar-refractivity contribution in [3.63, 3.8) is 0 Å². The van der Waals surface area contributed by atoms with Gasteiger partial charge in [0.25, 0.3) is 5.91 Å². The topological polar surface area (TPSA) is 72.2 Å². The lowest BCUT2D eigenvalue weighted by Gasteiger charge is -2.34.